The van der Waals surface area contributed by atoms with Gasteiger partial charge in [-0.25, -0.2) is 9.97 Å². The standard InChI is InChI=1S/C18H11N3O4S/c22-21(23)16-8-7-12(25-16)9-11-26-18-13-4-1-2-5-14(13)19-17(20-18)15-6-3-10-24-15/h1-11H/b11-9+. The molecular formula is C18H11N3O4S. The van der Waals surface area contributed by atoms with Crippen molar-refractivity contribution in [3.05, 3.63) is 76.1 Å². The minimum Gasteiger partial charge on any atom is -0.461 e. The summed E-state index contributed by atoms with van der Waals surface area (Å²) < 4.78 is 10.5. The summed E-state index contributed by atoms with van der Waals surface area (Å²) in [6.07, 6.45) is 3.23. The van der Waals surface area contributed by atoms with Crippen molar-refractivity contribution in [3.63, 3.8) is 0 Å². The van der Waals surface area contributed by atoms with E-state index < -0.39 is 4.92 Å². The Morgan fingerprint density at radius 2 is 1.96 bits per heavy atom. The number of hydrogen-bond donors (Lipinski definition) is 0. The summed E-state index contributed by atoms with van der Waals surface area (Å²) >= 11 is 1.37. The number of benzene rings is 1. The third-order valence-electron chi connectivity index (χ3n) is 3.51. The van der Waals surface area contributed by atoms with Crippen LogP contribution in [0.25, 0.3) is 28.6 Å². The SMILES string of the molecule is O=[N+]([O-])c1ccc(/C=C/Sc2nc(-c3ccco3)nc3ccccc23)o1. The molecule has 0 N–H and O–H groups in total. The van der Waals surface area contributed by atoms with E-state index in [-0.39, 0.29) is 5.88 Å². The zero-order valence-corrected chi connectivity index (χ0v) is 14.1. The molecule has 0 fully saturated rings. The summed E-state index contributed by atoms with van der Waals surface area (Å²) in [7, 11) is 0. The Morgan fingerprint density at radius 3 is 2.73 bits per heavy atom. The van der Waals surface area contributed by atoms with E-state index in [9.17, 15) is 10.1 Å². The average Bonchev–Trinajstić information content (AvgIpc) is 3.33. The summed E-state index contributed by atoms with van der Waals surface area (Å²) in [6, 6.07) is 14.1. The van der Waals surface area contributed by atoms with E-state index in [2.05, 4.69) is 9.97 Å². The molecule has 0 bridgehead atoms. The molecule has 7 nitrogen and oxygen atoms in total. The van der Waals surface area contributed by atoms with Crippen LogP contribution in [0.5, 0.6) is 0 Å². The third kappa shape index (κ3) is 3.22. The van der Waals surface area contributed by atoms with Crippen LogP contribution in [0.2, 0.25) is 0 Å². The van der Waals surface area contributed by atoms with E-state index in [1.54, 1.807) is 35.9 Å². The predicted octanol–water partition coefficient (Wildman–Crippen LogP) is 5.15. The number of para-hydroxylation sites is 1. The lowest BCUT2D eigenvalue weighted by molar-refractivity contribution is -0.402. The summed E-state index contributed by atoms with van der Waals surface area (Å²) in [6.45, 7) is 0. The molecular weight excluding hydrogens is 354 g/mol. The van der Waals surface area contributed by atoms with Gasteiger partial charge in [0.15, 0.2) is 11.6 Å². The molecule has 0 aliphatic carbocycles. The minimum absolute atomic E-state index is 0.290. The lowest BCUT2D eigenvalue weighted by Crippen LogP contribution is -1.92. The van der Waals surface area contributed by atoms with E-state index in [1.807, 2.05) is 24.3 Å². The molecule has 0 saturated carbocycles. The van der Waals surface area contributed by atoms with E-state index in [4.69, 9.17) is 8.83 Å². The van der Waals surface area contributed by atoms with Crippen molar-refractivity contribution in [3.8, 4) is 11.6 Å². The quantitative estimate of drug-likeness (QED) is 0.209. The lowest BCUT2D eigenvalue weighted by atomic mass is 10.2. The average molecular weight is 365 g/mol. The van der Waals surface area contributed by atoms with Crippen molar-refractivity contribution in [1.82, 2.24) is 9.97 Å². The monoisotopic (exact) mass is 365 g/mol. The molecule has 3 aromatic heterocycles. The van der Waals surface area contributed by atoms with Crippen molar-refractivity contribution in [2.75, 3.05) is 0 Å². The fraction of sp³-hybridized carbons (Fsp3) is 0. The largest absolute Gasteiger partial charge is 0.461 e. The van der Waals surface area contributed by atoms with Crippen LogP contribution in [0.3, 0.4) is 0 Å². The first-order valence-corrected chi connectivity index (χ1v) is 8.47. The van der Waals surface area contributed by atoms with Crippen LogP contribution in [0, 0.1) is 10.1 Å². The van der Waals surface area contributed by atoms with Crippen molar-refractivity contribution >= 4 is 34.6 Å². The number of nitrogens with zero attached hydrogens (tertiary/aromatic N) is 3. The highest BCUT2D eigenvalue weighted by molar-refractivity contribution is 8.02. The molecule has 0 radical (unpaired) electrons. The Kier molecular flexibility index (Phi) is 4.24. The highest BCUT2D eigenvalue weighted by Gasteiger charge is 2.12. The first kappa shape index (κ1) is 16.1. The Balaban J connectivity index is 1.66. The topological polar surface area (TPSA) is 95.2 Å². The molecule has 4 rings (SSSR count). The van der Waals surface area contributed by atoms with Crippen molar-refractivity contribution < 1.29 is 13.8 Å². The van der Waals surface area contributed by atoms with Gasteiger partial charge in [0.2, 0.25) is 0 Å². The summed E-state index contributed by atoms with van der Waals surface area (Å²) in [5.74, 6) is 1.19. The van der Waals surface area contributed by atoms with Gasteiger partial charge >= 0.3 is 5.88 Å². The van der Waals surface area contributed by atoms with Crippen LogP contribution in [-0.4, -0.2) is 14.9 Å². The number of fused-ring (bicyclic) bond motifs is 1. The Labute approximate surface area is 151 Å². The van der Waals surface area contributed by atoms with Crippen molar-refractivity contribution in [2.45, 2.75) is 5.03 Å². The molecule has 0 atom stereocenters. The van der Waals surface area contributed by atoms with Gasteiger partial charge in [0.05, 0.1) is 17.8 Å². The van der Waals surface area contributed by atoms with Gasteiger partial charge in [-0.1, -0.05) is 30.0 Å². The first-order valence-electron chi connectivity index (χ1n) is 7.59. The van der Waals surface area contributed by atoms with Crippen molar-refractivity contribution in [2.24, 2.45) is 0 Å². The van der Waals surface area contributed by atoms with E-state index in [1.165, 1.54) is 17.8 Å². The number of nitro groups is 1. The van der Waals surface area contributed by atoms with Gasteiger partial charge in [0, 0.05) is 5.39 Å². The smallest absolute Gasteiger partial charge is 0.433 e. The van der Waals surface area contributed by atoms with Gasteiger partial charge in [-0.2, -0.15) is 0 Å². The third-order valence-corrected chi connectivity index (χ3v) is 4.32. The van der Waals surface area contributed by atoms with Crippen LogP contribution >= 0.6 is 11.8 Å². The molecule has 0 spiro atoms. The van der Waals surface area contributed by atoms with E-state index in [0.29, 0.717) is 17.3 Å². The van der Waals surface area contributed by atoms with E-state index in [0.717, 1.165) is 15.9 Å². The molecule has 0 amide bonds. The minimum atomic E-state index is -0.571. The van der Waals surface area contributed by atoms with Gasteiger partial charge in [-0.15, -0.1) is 0 Å². The molecule has 0 aliphatic rings. The number of hydrogen-bond acceptors (Lipinski definition) is 7. The molecule has 26 heavy (non-hydrogen) atoms. The Morgan fingerprint density at radius 1 is 1.08 bits per heavy atom. The lowest BCUT2D eigenvalue weighted by Gasteiger charge is -2.05. The number of aromatic nitrogens is 2. The maximum atomic E-state index is 10.7. The Hall–Kier alpha value is -3.39. The first-order chi connectivity index (χ1) is 12.7. The predicted molar refractivity (Wildman–Crippen MR) is 97.5 cm³/mol. The number of thioether (sulfide) groups is 1. The van der Waals surface area contributed by atoms with Gasteiger partial charge in [0.25, 0.3) is 0 Å². The van der Waals surface area contributed by atoms with Crippen LogP contribution < -0.4 is 0 Å². The maximum absolute atomic E-state index is 10.7. The molecule has 0 unspecified atom stereocenters. The van der Waals surface area contributed by atoms with Crippen molar-refractivity contribution in [1.29, 1.82) is 0 Å². The normalized spacial score (nSPS) is 11.4. The number of rotatable bonds is 5. The van der Waals surface area contributed by atoms with Gasteiger partial charge in [0.1, 0.15) is 15.7 Å². The maximum Gasteiger partial charge on any atom is 0.433 e. The van der Waals surface area contributed by atoms with Crippen LogP contribution in [0.1, 0.15) is 5.76 Å². The molecule has 0 saturated heterocycles. The van der Waals surface area contributed by atoms with Gasteiger partial charge in [-0.3, -0.25) is 10.1 Å². The summed E-state index contributed by atoms with van der Waals surface area (Å²) in [4.78, 5) is 19.2. The van der Waals surface area contributed by atoms with Crippen LogP contribution in [0.4, 0.5) is 5.88 Å². The second-order valence-electron chi connectivity index (χ2n) is 5.20. The zero-order chi connectivity index (χ0) is 17.9. The number of furan rings is 2. The molecule has 0 aliphatic heterocycles. The van der Waals surface area contributed by atoms with E-state index >= 15 is 0 Å². The molecule has 3 heterocycles. The Bertz CT molecular complexity index is 1100. The fourth-order valence-corrected chi connectivity index (χ4v) is 3.12. The highest BCUT2D eigenvalue weighted by atomic mass is 32.2. The molecule has 8 heteroatoms. The van der Waals surface area contributed by atoms with Gasteiger partial charge < -0.3 is 8.83 Å². The molecule has 1 aromatic carbocycles. The fourth-order valence-electron chi connectivity index (χ4n) is 2.35. The summed E-state index contributed by atoms with van der Waals surface area (Å²) in [5.41, 5.74) is 0.804. The van der Waals surface area contributed by atoms with Crippen LogP contribution in [-0.2, 0) is 0 Å². The molecule has 4 aromatic rings. The molecule has 128 valence electrons. The second kappa shape index (κ2) is 6.85. The van der Waals surface area contributed by atoms with Crippen LogP contribution in [0.15, 0.2) is 74.1 Å². The van der Waals surface area contributed by atoms with Gasteiger partial charge in [-0.05, 0) is 35.7 Å². The summed E-state index contributed by atoms with van der Waals surface area (Å²) in [5, 5.41) is 14.1. The highest BCUT2D eigenvalue weighted by Crippen LogP contribution is 2.30. The zero-order valence-electron chi connectivity index (χ0n) is 13.2. The second-order valence-corrected chi connectivity index (χ2v) is 6.10.